The van der Waals surface area contributed by atoms with Crippen molar-refractivity contribution in [3.8, 4) is 0 Å². The fourth-order valence-corrected chi connectivity index (χ4v) is 9.41. The lowest BCUT2D eigenvalue weighted by Gasteiger charge is -2.51. The Morgan fingerprint density at radius 3 is 0.718 bits per heavy atom. The highest BCUT2D eigenvalue weighted by molar-refractivity contribution is 5.01. The van der Waals surface area contributed by atoms with Gasteiger partial charge in [-0.05, 0) is 0 Å². The van der Waals surface area contributed by atoms with E-state index in [1.165, 1.54) is 0 Å². The lowest BCUT2D eigenvalue weighted by molar-refractivity contribution is -0.405. The van der Waals surface area contributed by atoms with Crippen LogP contribution in [0.15, 0.2) is 0 Å². The molecule has 30 atom stereocenters. The van der Waals surface area contributed by atoms with Gasteiger partial charge >= 0.3 is 0 Å². The van der Waals surface area contributed by atoms with Gasteiger partial charge in [0.2, 0.25) is 0 Å². The third-order valence-electron chi connectivity index (χ3n) is 13.3. The minimum atomic E-state index is -2.18. The molecule has 414 valence electrons. The van der Waals surface area contributed by atoms with Crippen LogP contribution in [0.25, 0.3) is 0 Å². The van der Waals surface area contributed by atoms with E-state index in [0.29, 0.717) is 0 Å². The lowest BCUT2D eigenvalue weighted by Crippen LogP contribution is -2.69. The fourth-order valence-electron chi connectivity index (χ4n) is 9.41. The molecule has 32 heteroatoms. The van der Waals surface area contributed by atoms with E-state index in [1.54, 1.807) is 0 Å². The maximum atomic E-state index is 11.7. The van der Waals surface area contributed by atoms with Gasteiger partial charge < -0.3 is 159 Å². The Balaban J connectivity index is 1.22. The Labute approximate surface area is 401 Å². The molecule has 0 spiro atoms. The minimum Gasteiger partial charge on any atom is -0.394 e. The standard InChI is InChI=1S/C39H66O32/c40-3-9-27-16(48)21(53)34(60-9)67-28-10(4-41)62-36(23(55)18(28)50)69-30-12(6-43)64-38(25(57)20(30)52)71-32-14(8-45)65-39(26(58)33(32)59-2-1-15(46)47)70-31-13(7-44)63-37(24(56)19(31)51)68-29-11(5-42)61-35(66-27)22(54)17(29)49/h9-58H,1-8H2/t9-,10-,11-,12-,13-,14-,16-,17-,18-,19-,20-,21-,22-,23-,24-,25-,26-,27-,28-,29-,30-,31-,32+,33-,34-,35-,36-,37-,38-,39-/m1/s1. The van der Waals surface area contributed by atoms with E-state index in [-0.39, 0.29) is 0 Å². The molecule has 0 aromatic heterocycles. The van der Waals surface area contributed by atoms with Crippen LogP contribution in [-0.2, 0) is 61.6 Å². The number of hydrogen-bond donors (Lipinski definition) is 19. The zero-order valence-corrected chi connectivity index (χ0v) is 37.4. The van der Waals surface area contributed by atoms with Gasteiger partial charge in [0.25, 0.3) is 0 Å². The first kappa shape index (κ1) is 57.4. The molecule has 0 radical (unpaired) electrons. The third-order valence-corrected chi connectivity index (χ3v) is 13.3. The molecule has 22 saturated heterocycles. The molecule has 22 aliphatic heterocycles. The van der Waals surface area contributed by atoms with Gasteiger partial charge in [-0.3, -0.25) is 0 Å². The molecular weight excluding hydrogens is 980 g/mol. The topological polar surface area (TPSA) is 504 Å². The van der Waals surface area contributed by atoms with Crippen molar-refractivity contribution >= 4 is 0 Å². The number of aliphatic hydroxyl groups excluding tert-OH is 18. The highest BCUT2D eigenvalue weighted by Gasteiger charge is 2.59. The molecule has 0 saturated carbocycles. The van der Waals surface area contributed by atoms with E-state index in [1.807, 2.05) is 0 Å². The van der Waals surface area contributed by atoms with Crippen LogP contribution in [0.5, 0.6) is 0 Å². The van der Waals surface area contributed by atoms with Crippen molar-refractivity contribution in [1.29, 1.82) is 0 Å². The van der Waals surface area contributed by atoms with Gasteiger partial charge in [-0.1, -0.05) is 0 Å². The van der Waals surface area contributed by atoms with E-state index in [2.05, 4.69) is 0 Å². The quantitative estimate of drug-likeness (QED) is 0.0904. The van der Waals surface area contributed by atoms with E-state index >= 15 is 0 Å². The van der Waals surface area contributed by atoms with Crippen LogP contribution in [0.4, 0.5) is 0 Å². The average Bonchev–Trinajstić information content (AvgIpc) is 3.35. The molecule has 22 heterocycles. The van der Waals surface area contributed by atoms with Crippen molar-refractivity contribution in [3.63, 3.8) is 0 Å². The summed E-state index contributed by atoms with van der Waals surface area (Å²) in [7, 11) is 0. The molecule has 12 bridgehead atoms. The van der Waals surface area contributed by atoms with Gasteiger partial charge in [0.05, 0.1) is 46.2 Å². The molecule has 0 aromatic rings. The summed E-state index contributed by atoms with van der Waals surface area (Å²) in [6.07, 6.45) is -61.0. The van der Waals surface area contributed by atoms with Crippen molar-refractivity contribution in [2.75, 3.05) is 46.2 Å². The van der Waals surface area contributed by atoms with Gasteiger partial charge in [0.15, 0.2) is 44.0 Å². The Bertz CT molecular complexity index is 1610. The van der Waals surface area contributed by atoms with Crippen molar-refractivity contribution < 1.29 is 159 Å². The number of hydrogen-bond acceptors (Lipinski definition) is 32. The highest BCUT2D eigenvalue weighted by Crippen LogP contribution is 2.38. The monoisotopic (exact) mass is 1050 g/mol. The van der Waals surface area contributed by atoms with E-state index in [4.69, 9.17) is 61.6 Å². The van der Waals surface area contributed by atoms with Crippen LogP contribution in [-0.4, -0.2) is 334 Å². The number of ether oxygens (including phenoxy) is 13. The number of rotatable bonds is 10. The molecule has 22 fully saturated rings. The molecule has 22 aliphatic rings. The van der Waals surface area contributed by atoms with Crippen molar-refractivity contribution in [2.45, 2.75) is 197 Å². The Kier molecular flexibility index (Phi) is 20.1. The van der Waals surface area contributed by atoms with Crippen molar-refractivity contribution in [3.05, 3.63) is 0 Å². The molecule has 32 nitrogen and oxygen atoms in total. The lowest BCUT2D eigenvalue weighted by atomic mass is 9.94. The second-order valence-electron chi connectivity index (χ2n) is 18.0. The van der Waals surface area contributed by atoms with Crippen LogP contribution < -0.4 is 0 Å². The van der Waals surface area contributed by atoms with Gasteiger partial charge in [-0.15, -0.1) is 0 Å². The summed E-state index contributed by atoms with van der Waals surface area (Å²) in [5.41, 5.74) is 0. The average molecular weight is 1050 g/mol. The summed E-state index contributed by atoms with van der Waals surface area (Å²) in [6.45, 7) is -6.64. The molecular formula is C39H66O32. The third kappa shape index (κ3) is 11.8. The summed E-state index contributed by atoms with van der Waals surface area (Å²) in [5, 5.41) is 206. The zero-order valence-electron chi connectivity index (χ0n) is 37.4. The molecule has 0 unspecified atom stereocenters. The first-order valence-electron chi connectivity index (χ1n) is 22.8. The first-order chi connectivity index (χ1) is 33.8. The maximum absolute atomic E-state index is 11.7. The summed E-state index contributed by atoms with van der Waals surface area (Å²) in [4.78, 5) is 0. The predicted molar refractivity (Wildman–Crippen MR) is 212 cm³/mol. The van der Waals surface area contributed by atoms with Gasteiger partial charge in [0.1, 0.15) is 146 Å². The molecule has 0 aliphatic carbocycles. The smallest absolute Gasteiger partial charge is 0.187 e. The molecule has 19 N–H and O–H groups in total. The first-order valence-corrected chi connectivity index (χ1v) is 22.8. The summed E-state index contributed by atoms with van der Waals surface area (Å²) in [6, 6.07) is 0. The Morgan fingerprint density at radius 1 is 0.282 bits per heavy atom. The van der Waals surface area contributed by atoms with E-state index in [0.717, 1.165) is 0 Å². The molecule has 71 heavy (non-hydrogen) atoms. The predicted octanol–water partition coefficient (Wildman–Crippen LogP) is -13.3. The van der Waals surface area contributed by atoms with Crippen molar-refractivity contribution in [1.82, 2.24) is 0 Å². The SMILES string of the molecule is OC[C@H]1O[C@@H]2O[C@H]3[C@H](O)[C@@H](O)[C@@H](O[C@H]4[C@H](O)[C@@H](O)[C@@H](O[C@H]5[C@H](O)[C@@H](O)[C@@H](O[C@H]6[C@H](O)[C@@H](O)[C@@H](O[C@H]7[C@H](O)[C@@H](O)[C@@H](O[C@@H]1[C@H](OCCC(O)O)[C@H]2O)O[C@@H]7CO)O[C@@H]6CO)O[C@@H]5CO)O[C@@H]4CO)O[C@@H]3CO. The summed E-state index contributed by atoms with van der Waals surface area (Å²) in [5.74, 6) is 0. The molecule has 22 rings (SSSR count). The molecule has 0 amide bonds. The largest absolute Gasteiger partial charge is 0.394 e. The summed E-state index contributed by atoms with van der Waals surface area (Å²) < 4.78 is 74.6. The zero-order chi connectivity index (χ0) is 51.7. The highest BCUT2D eigenvalue weighted by atomic mass is 16.8. The number of aliphatic hydroxyl groups is 19. The fraction of sp³-hybridized carbons (Fsp3) is 1.00. The van der Waals surface area contributed by atoms with Crippen LogP contribution in [0.3, 0.4) is 0 Å². The second-order valence-corrected chi connectivity index (χ2v) is 18.0. The van der Waals surface area contributed by atoms with Gasteiger partial charge in [-0.25, -0.2) is 0 Å². The van der Waals surface area contributed by atoms with E-state index < -0.39 is 243 Å². The van der Waals surface area contributed by atoms with Crippen LogP contribution >= 0.6 is 0 Å². The van der Waals surface area contributed by atoms with Gasteiger partial charge in [-0.2, -0.15) is 0 Å². The van der Waals surface area contributed by atoms with Gasteiger partial charge in [0, 0.05) is 6.42 Å². The van der Waals surface area contributed by atoms with Crippen molar-refractivity contribution in [2.24, 2.45) is 0 Å². The van der Waals surface area contributed by atoms with Crippen LogP contribution in [0.1, 0.15) is 6.42 Å². The molecule has 0 aromatic carbocycles. The normalized spacial score (nSPS) is 52.4. The minimum absolute atomic E-state index is 0.477. The maximum Gasteiger partial charge on any atom is 0.187 e. The van der Waals surface area contributed by atoms with Crippen LogP contribution in [0.2, 0.25) is 0 Å². The van der Waals surface area contributed by atoms with Crippen LogP contribution in [0, 0.1) is 0 Å². The second kappa shape index (κ2) is 24.8. The Hall–Kier alpha value is -1.28. The Morgan fingerprint density at radius 2 is 0.493 bits per heavy atom. The summed E-state index contributed by atoms with van der Waals surface area (Å²) >= 11 is 0. The van der Waals surface area contributed by atoms with E-state index in [9.17, 15) is 97.0 Å².